The molecule has 1 amide bonds. The molecule has 6 N–H and O–H groups in total. The van der Waals surface area contributed by atoms with Gasteiger partial charge in [-0.1, -0.05) is 285 Å². The van der Waals surface area contributed by atoms with Gasteiger partial charge in [0.1, 0.15) is 24.4 Å². The second kappa shape index (κ2) is 56.6. The molecule has 1 aliphatic heterocycles. The summed E-state index contributed by atoms with van der Waals surface area (Å²) in [5.74, 6) is -0.185. The number of unbranched alkanes of at least 4 members (excludes halogenated alkanes) is 33. The van der Waals surface area contributed by atoms with E-state index in [0.717, 1.165) is 70.6 Å². The van der Waals surface area contributed by atoms with E-state index in [9.17, 15) is 30.3 Å². The maximum Gasteiger partial charge on any atom is 0.220 e. The maximum atomic E-state index is 13.1. The van der Waals surface area contributed by atoms with E-state index in [0.29, 0.717) is 6.42 Å². The molecule has 7 unspecified atom stereocenters. The lowest BCUT2D eigenvalue weighted by atomic mass is 9.99. The van der Waals surface area contributed by atoms with Gasteiger partial charge in [0.15, 0.2) is 6.29 Å². The number of aliphatic hydroxyl groups is 5. The summed E-state index contributed by atoms with van der Waals surface area (Å²) in [7, 11) is 0. The van der Waals surface area contributed by atoms with Crippen molar-refractivity contribution in [2.24, 2.45) is 0 Å². The van der Waals surface area contributed by atoms with Crippen LogP contribution in [0.4, 0.5) is 0 Å². The van der Waals surface area contributed by atoms with E-state index < -0.39 is 49.5 Å². The molecule has 1 heterocycles. The van der Waals surface area contributed by atoms with Gasteiger partial charge in [0.2, 0.25) is 5.91 Å². The van der Waals surface area contributed by atoms with E-state index in [-0.39, 0.29) is 12.5 Å². The predicted molar refractivity (Wildman–Crippen MR) is 327 cm³/mol. The zero-order chi connectivity index (χ0) is 55.8. The van der Waals surface area contributed by atoms with E-state index >= 15 is 0 Å². The zero-order valence-electron chi connectivity index (χ0n) is 49.7. The first kappa shape index (κ1) is 72.4. The Kier molecular flexibility index (Phi) is 53.2. The van der Waals surface area contributed by atoms with Crippen molar-refractivity contribution in [2.75, 3.05) is 13.2 Å². The lowest BCUT2D eigenvalue weighted by Crippen LogP contribution is -2.60. The van der Waals surface area contributed by atoms with Crippen LogP contribution in [0.15, 0.2) is 85.1 Å². The Morgan fingerprint density at radius 2 is 0.818 bits per heavy atom. The lowest BCUT2D eigenvalue weighted by Gasteiger charge is -2.40. The summed E-state index contributed by atoms with van der Waals surface area (Å²) in [6.07, 6.45) is 74.1. The summed E-state index contributed by atoms with van der Waals surface area (Å²) in [4.78, 5) is 13.1. The fraction of sp³-hybridized carbons (Fsp3) is 0.779. The van der Waals surface area contributed by atoms with Crippen LogP contribution in [0.1, 0.15) is 284 Å². The fourth-order valence-electron chi connectivity index (χ4n) is 9.91. The van der Waals surface area contributed by atoms with Crippen molar-refractivity contribution in [3.63, 3.8) is 0 Å². The lowest BCUT2D eigenvalue weighted by molar-refractivity contribution is -0.302. The van der Waals surface area contributed by atoms with E-state index in [1.54, 1.807) is 6.08 Å². The number of carbonyl (C=O) groups is 1. The molecule has 1 fully saturated rings. The van der Waals surface area contributed by atoms with Gasteiger partial charge < -0.3 is 40.3 Å². The van der Waals surface area contributed by atoms with Crippen LogP contribution in [0.5, 0.6) is 0 Å². The molecule has 0 aromatic rings. The van der Waals surface area contributed by atoms with Crippen LogP contribution in [-0.2, 0) is 14.3 Å². The molecular weight excluding hydrogens is 959 g/mol. The van der Waals surface area contributed by atoms with Gasteiger partial charge in [-0.25, -0.2) is 0 Å². The van der Waals surface area contributed by atoms with Crippen LogP contribution in [0.3, 0.4) is 0 Å². The Balaban J connectivity index is 2.03. The van der Waals surface area contributed by atoms with Crippen LogP contribution < -0.4 is 5.32 Å². The number of aliphatic hydroxyl groups excluding tert-OH is 5. The van der Waals surface area contributed by atoms with Crippen LogP contribution in [0.2, 0.25) is 0 Å². The van der Waals surface area contributed by atoms with Crippen molar-refractivity contribution < 1.29 is 39.8 Å². The summed E-state index contributed by atoms with van der Waals surface area (Å²) in [6.45, 7) is 3.64. The number of carbonyl (C=O) groups excluding carboxylic acids is 1. The normalized spacial score (nSPS) is 19.3. The molecular formula is C68H121NO8. The smallest absolute Gasteiger partial charge is 0.220 e. The van der Waals surface area contributed by atoms with Gasteiger partial charge in [-0.15, -0.1) is 0 Å². The number of rotatable bonds is 55. The molecule has 7 atom stereocenters. The molecule has 1 saturated heterocycles. The third-order valence-electron chi connectivity index (χ3n) is 15.0. The minimum atomic E-state index is -1.57. The highest BCUT2D eigenvalue weighted by atomic mass is 16.7. The first-order chi connectivity index (χ1) is 37.8. The van der Waals surface area contributed by atoms with E-state index in [1.165, 1.54) is 193 Å². The Morgan fingerprint density at radius 1 is 0.455 bits per heavy atom. The quantitative estimate of drug-likeness (QED) is 0.0261. The standard InChI is InChI=1S/C68H121NO8/c1-3-5-7-9-11-13-15-17-18-19-20-21-22-23-24-25-26-27-28-29-30-31-32-33-34-35-36-37-38-39-40-41-42-43-44-46-48-50-52-54-56-58-64(72)69-61(60-76-68-67(75)66(74)65(73)63(59-70)77-68)62(71)57-55-53-51-49-47-45-16-14-12-10-8-6-4-2/h5,7,11,13,17-18,20-21,23-24,47,49,55,57,61-63,65-68,70-71,73-75H,3-4,6,8-10,12,14-16,19,22,25-46,48,50-54,56,58-60H2,1-2H3,(H,69,72)/b7-5-,13-11-,18-17-,21-20-,24-23-,49-47+,57-55+. The van der Waals surface area contributed by atoms with Gasteiger partial charge >= 0.3 is 0 Å². The van der Waals surface area contributed by atoms with Gasteiger partial charge in [0.25, 0.3) is 0 Å². The first-order valence-electron chi connectivity index (χ1n) is 32.3. The minimum absolute atomic E-state index is 0.185. The van der Waals surface area contributed by atoms with Crippen molar-refractivity contribution >= 4 is 5.91 Å². The number of allylic oxidation sites excluding steroid dienone is 13. The molecule has 0 aromatic heterocycles. The molecule has 1 aliphatic rings. The van der Waals surface area contributed by atoms with E-state index in [1.807, 2.05) is 6.08 Å². The predicted octanol–water partition coefficient (Wildman–Crippen LogP) is 17.0. The number of ether oxygens (including phenoxy) is 2. The van der Waals surface area contributed by atoms with Crippen molar-refractivity contribution in [1.82, 2.24) is 5.32 Å². The molecule has 77 heavy (non-hydrogen) atoms. The topological polar surface area (TPSA) is 149 Å². The van der Waals surface area contributed by atoms with E-state index in [2.05, 4.69) is 92.1 Å². The molecule has 0 spiro atoms. The molecule has 0 radical (unpaired) electrons. The third kappa shape index (κ3) is 45.8. The zero-order valence-corrected chi connectivity index (χ0v) is 49.7. The molecule has 0 aromatic carbocycles. The summed E-state index contributed by atoms with van der Waals surface area (Å²) >= 11 is 0. The van der Waals surface area contributed by atoms with Gasteiger partial charge in [-0.3, -0.25) is 4.79 Å². The number of hydrogen-bond acceptors (Lipinski definition) is 8. The molecule has 9 heteroatoms. The highest BCUT2D eigenvalue weighted by Gasteiger charge is 2.44. The maximum absolute atomic E-state index is 13.1. The Bertz CT molecular complexity index is 1490. The molecule has 0 aliphatic carbocycles. The second-order valence-corrected chi connectivity index (χ2v) is 22.2. The van der Waals surface area contributed by atoms with Crippen molar-refractivity contribution in [2.45, 2.75) is 326 Å². The van der Waals surface area contributed by atoms with Gasteiger partial charge in [0, 0.05) is 6.42 Å². The monoisotopic (exact) mass is 1080 g/mol. The Labute approximate surface area is 473 Å². The Hall–Kier alpha value is -2.63. The van der Waals surface area contributed by atoms with Gasteiger partial charge in [0.05, 0.1) is 25.4 Å². The van der Waals surface area contributed by atoms with Gasteiger partial charge in [-0.2, -0.15) is 0 Å². The van der Waals surface area contributed by atoms with Crippen LogP contribution in [0.25, 0.3) is 0 Å². The number of hydrogen-bond donors (Lipinski definition) is 6. The largest absolute Gasteiger partial charge is 0.394 e. The van der Waals surface area contributed by atoms with Crippen molar-refractivity contribution in [3.8, 4) is 0 Å². The third-order valence-corrected chi connectivity index (χ3v) is 15.0. The van der Waals surface area contributed by atoms with E-state index in [4.69, 9.17) is 9.47 Å². The molecule has 446 valence electrons. The first-order valence-corrected chi connectivity index (χ1v) is 32.3. The number of nitrogens with one attached hydrogen (secondary N) is 1. The molecule has 0 saturated carbocycles. The molecule has 9 nitrogen and oxygen atoms in total. The van der Waals surface area contributed by atoms with Crippen molar-refractivity contribution in [1.29, 1.82) is 0 Å². The van der Waals surface area contributed by atoms with Crippen LogP contribution in [-0.4, -0.2) is 87.5 Å². The molecule has 0 bridgehead atoms. The molecule has 1 rings (SSSR count). The summed E-state index contributed by atoms with van der Waals surface area (Å²) in [5.41, 5.74) is 0. The average molecular weight is 1080 g/mol. The SMILES string of the molecule is CC/C=C\C/C=C\C/C=C\C/C=C\C/C=C\CCCCCCCCCCCCCCCCCCCCCCCCCCCC(=O)NC(COC1OC(CO)C(O)C(O)C1O)C(O)/C=C/CC/C=C/CCCCCCCCC. The second-order valence-electron chi connectivity index (χ2n) is 22.2. The minimum Gasteiger partial charge on any atom is -0.394 e. The van der Waals surface area contributed by atoms with Crippen LogP contribution in [0, 0.1) is 0 Å². The summed E-state index contributed by atoms with van der Waals surface area (Å²) in [6, 6.07) is -0.822. The summed E-state index contributed by atoms with van der Waals surface area (Å²) < 4.78 is 11.2. The highest BCUT2D eigenvalue weighted by Crippen LogP contribution is 2.23. The number of amides is 1. The van der Waals surface area contributed by atoms with Crippen molar-refractivity contribution in [3.05, 3.63) is 85.1 Å². The average Bonchev–Trinajstić information content (AvgIpc) is 3.43. The highest BCUT2D eigenvalue weighted by molar-refractivity contribution is 5.76. The Morgan fingerprint density at radius 3 is 1.25 bits per heavy atom. The fourth-order valence-corrected chi connectivity index (χ4v) is 9.91. The van der Waals surface area contributed by atoms with Crippen LogP contribution >= 0.6 is 0 Å². The van der Waals surface area contributed by atoms with Gasteiger partial charge in [-0.05, 0) is 77.0 Å². The summed E-state index contributed by atoms with van der Waals surface area (Å²) in [5, 5.41) is 54.4.